The third-order valence-electron chi connectivity index (χ3n) is 2.74. The molecule has 0 amide bonds. The maximum absolute atomic E-state index is 13.7. The largest absolute Gasteiger partial charge is 0.329 e. The molecule has 0 saturated heterocycles. The zero-order valence-electron chi connectivity index (χ0n) is 10.9. The van der Waals surface area contributed by atoms with Crippen molar-refractivity contribution in [2.75, 3.05) is 11.3 Å². The molecule has 1 heterocycles. The molecule has 1 aromatic carbocycles. The fraction of sp³-hybridized carbons (Fsp3) is 0.250. The first-order chi connectivity index (χ1) is 9.44. The molecule has 0 aliphatic heterocycles. The molecule has 6 nitrogen and oxygen atoms in total. The molecule has 0 aliphatic rings. The molecule has 0 saturated carbocycles. The van der Waals surface area contributed by atoms with Gasteiger partial charge in [-0.3, -0.25) is 9.40 Å². The standard InChI is InChI=1S/C12H15FN4O2S/c1-9-3-2-4-11(13)12(9)16-20(18,19)10-7-15-17(8-10)6-5-14/h2-4,7-8,16H,5-6,14H2,1H3. The molecule has 0 fully saturated rings. The molecule has 2 aromatic rings. The molecule has 0 aliphatic carbocycles. The number of sulfonamides is 1. The Morgan fingerprint density at radius 1 is 1.45 bits per heavy atom. The van der Waals surface area contributed by atoms with Gasteiger partial charge in [0.2, 0.25) is 0 Å². The fourth-order valence-electron chi connectivity index (χ4n) is 1.69. The molecule has 0 atom stereocenters. The number of hydrogen-bond donors (Lipinski definition) is 2. The Hall–Kier alpha value is -1.93. The van der Waals surface area contributed by atoms with Crippen LogP contribution in [0, 0.1) is 12.7 Å². The maximum Gasteiger partial charge on any atom is 0.265 e. The maximum atomic E-state index is 13.7. The number of aromatic nitrogens is 2. The van der Waals surface area contributed by atoms with Gasteiger partial charge < -0.3 is 5.73 Å². The predicted octanol–water partition coefficient (Wildman–Crippen LogP) is 1.09. The highest BCUT2D eigenvalue weighted by molar-refractivity contribution is 7.92. The van der Waals surface area contributed by atoms with Crippen molar-refractivity contribution in [1.29, 1.82) is 0 Å². The van der Waals surface area contributed by atoms with Gasteiger partial charge in [0.15, 0.2) is 0 Å². The smallest absolute Gasteiger partial charge is 0.265 e. The minimum Gasteiger partial charge on any atom is -0.329 e. The molecule has 3 N–H and O–H groups in total. The van der Waals surface area contributed by atoms with E-state index in [4.69, 9.17) is 5.73 Å². The lowest BCUT2D eigenvalue weighted by atomic mass is 10.2. The van der Waals surface area contributed by atoms with Crippen molar-refractivity contribution in [2.24, 2.45) is 5.73 Å². The summed E-state index contributed by atoms with van der Waals surface area (Å²) in [5.74, 6) is -0.622. The van der Waals surface area contributed by atoms with Gasteiger partial charge in [-0.2, -0.15) is 5.10 Å². The van der Waals surface area contributed by atoms with Crippen LogP contribution in [0.1, 0.15) is 5.56 Å². The summed E-state index contributed by atoms with van der Waals surface area (Å²) in [4.78, 5) is -0.0337. The first-order valence-electron chi connectivity index (χ1n) is 5.94. The lowest BCUT2D eigenvalue weighted by molar-refractivity contribution is 0.597. The van der Waals surface area contributed by atoms with Crippen LogP contribution in [0.4, 0.5) is 10.1 Å². The number of benzene rings is 1. The number of anilines is 1. The molecule has 0 spiro atoms. The van der Waals surface area contributed by atoms with E-state index < -0.39 is 15.8 Å². The van der Waals surface area contributed by atoms with Crippen LogP contribution in [0.15, 0.2) is 35.5 Å². The average Bonchev–Trinajstić information content (AvgIpc) is 2.84. The Kier molecular flexibility index (Phi) is 4.05. The van der Waals surface area contributed by atoms with E-state index in [1.54, 1.807) is 13.0 Å². The summed E-state index contributed by atoms with van der Waals surface area (Å²) < 4.78 is 41.6. The molecule has 0 radical (unpaired) electrons. The quantitative estimate of drug-likeness (QED) is 0.864. The molecule has 20 heavy (non-hydrogen) atoms. The van der Waals surface area contributed by atoms with Gasteiger partial charge in [0.1, 0.15) is 10.7 Å². The summed E-state index contributed by atoms with van der Waals surface area (Å²) in [5, 5.41) is 3.88. The van der Waals surface area contributed by atoms with Gasteiger partial charge in [-0.05, 0) is 18.6 Å². The van der Waals surface area contributed by atoms with Crippen LogP contribution in [0.3, 0.4) is 0 Å². The number of halogens is 1. The lowest BCUT2D eigenvalue weighted by Gasteiger charge is -2.09. The third-order valence-corrected chi connectivity index (χ3v) is 4.04. The zero-order valence-corrected chi connectivity index (χ0v) is 11.7. The topological polar surface area (TPSA) is 90.0 Å². The highest BCUT2D eigenvalue weighted by Gasteiger charge is 2.19. The minimum atomic E-state index is -3.87. The van der Waals surface area contributed by atoms with E-state index in [-0.39, 0.29) is 10.6 Å². The number of para-hydroxylation sites is 1. The summed E-state index contributed by atoms with van der Waals surface area (Å²) in [6.45, 7) is 2.38. The Morgan fingerprint density at radius 2 is 2.20 bits per heavy atom. The van der Waals surface area contributed by atoms with Crippen LogP contribution in [0.5, 0.6) is 0 Å². The predicted molar refractivity (Wildman–Crippen MR) is 73.2 cm³/mol. The molecule has 1 aromatic heterocycles. The number of hydrogen-bond acceptors (Lipinski definition) is 4. The molecule has 8 heteroatoms. The summed E-state index contributed by atoms with van der Waals surface area (Å²) >= 11 is 0. The van der Waals surface area contributed by atoms with Crippen LogP contribution >= 0.6 is 0 Å². The molecule has 0 unspecified atom stereocenters. The fourth-order valence-corrected chi connectivity index (χ4v) is 2.78. The monoisotopic (exact) mass is 298 g/mol. The third kappa shape index (κ3) is 2.97. The van der Waals surface area contributed by atoms with Crippen molar-refractivity contribution in [1.82, 2.24) is 9.78 Å². The van der Waals surface area contributed by atoms with Gasteiger partial charge in [-0.15, -0.1) is 0 Å². The first kappa shape index (κ1) is 14.5. The summed E-state index contributed by atoms with van der Waals surface area (Å²) in [6.07, 6.45) is 2.56. The van der Waals surface area contributed by atoms with Crippen LogP contribution in [-0.4, -0.2) is 24.7 Å². The van der Waals surface area contributed by atoms with Crippen molar-refractivity contribution in [3.05, 3.63) is 42.0 Å². The number of rotatable bonds is 5. The van der Waals surface area contributed by atoms with Crippen LogP contribution in [0.2, 0.25) is 0 Å². The average molecular weight is 298 g/mol. The summed E-state index contributed by atoms with van der Waals surface area (Å²) in [7, 11) is -3.87. The van der Waals surface area contributed by atoms with Crippen LogP contribution in [0.25, 0.3) is 0 Å². The normalized spacial score (nSPS) is 11.6. The molecule has 108 valence electrons. The van der Waals surface area contributed by atoms with E-state index in [9.17, 15) is 12.8 Å². The van der Waals surface area contributed by atoms with E-state index in [1.165, 1.54) is 29.2 Å². The summed E-state index contributed by atoms with van der Waals surface area (Å²) in [5.41, 5.74) is 5.81. The van der Waals surface area contributed by atoms with Crippen molar-refractivity contribution in [2.45, 2.75) is 18.4 Å². The van der Waals surface area contributed by atoms with Crippen LogP contribution in [-0.2, 0) is 16.6 Å². The highest BCUT2D eigenvalue weighted by Crippen LogP contribution is 2.22. The highest BCUT2D eigenvalue weighted by atomic mass is 32.2. The number of nitrogens with one attached hydrogen (secondary N) is 1. The Morgan fingerprint density at radius 3 is 2.85 bits per heavy atom. The Balaban J connectivity index is 2.31. The van der Waals surface area contributed by atoms with Crippen LogP contribution < -0.4 is 10.5 Å². The van der Waals surface area contributed by atoms with Gasteiger partial charge in [0, 0.05) is 12.7 Å². The number of aryl methyl sites for hydroxylation is 1. The second kappa shape index (κ2) is 5.59. The van der Waals surface area contributed by atoms with E-state index in [0.717, 1.165) is 0 Å². The van der Waals surface area contributed by atoms with E-state index in [1.807, 2.05) is 0 Å². The van der Waals surface area contributed by atoms with E-state index in [2.05, 4.69) is 9.82 Å². The van der Waals surface area contributed by atoms with Crippen molar-refractivity contribution in [3.63, 3.8) is 0 Å². The van der Waals surface area contributed by atoms with Gasteiger partial charge >= 0.3 is 0 Å². The first-order valence-corrected chi connectivity index (χ1v) is 7.43. The second-order valence-electron chi connectivity index (χ2n) is 4.27. The van der Waals surface area contributed by atoms with Gasteiger partial charge in [0.25, 0.3) is 10.0 Å². The van der Waals surface area contributed by atoms with E-state index in [0.29, 0.717) is 18.7 Å². The number of nitrogens with two attached hydrogens (primary N) is 1. The summed E-state index contributed by atoms with van der Waals surface area (Å²) in [6, 6.07) is 4.34. The Labute approximate surface area is 116 Å². The SMILES string of the molecule is Cc1cccc(F)c1NS(=O)(=O)c1cnn(CCN)c1. The van der Waals surface area contributed by atoms with Gasteiger partial charge in [-0.1, -0.05) is 12.1 Å². The number of nitrogens with zero attached hydrogens (tertiary/aromatic N) is 2. The molecular weight excluding hydrogens is 283 g/mol. The van der Waals surface area contributed by atoms with Gasteiger partial charge in [-0.25, -0.2) is 12.8 Å². The molecule has 0 bridgehead atoms. The van der Waals surface area contributed by atoms with E-state index >= 15 is 0 Å². The van der Waals surface area contributed by atoms with Crippen molar-refractivity contribution < 1.29 is 12.8 Å². The molecular formula is C12H15FN4O2S. The second-order valence-corrected chi connectivity index (χ2v) is 5.95. The minimum absolute atomic E-state index is 0.0337. The molecule has 2 rings (SSSR count). The van der Waals surface area contributed by atoms with Crippen molar-refractivity contribution in [3.8, 4) is 0 Å². The zero-order chi connectivity index (χ0) is 14.8. The lowest BCUT2D eigenvalue weighted by Crippen LogP contribution is -2.14. The van der Waals surface area contributed by atoms with Crippen molar-refractivity contribution >= 4 is 15.7 Å². The van der Waals surface area contributed by atoms with Gasteiger partial charge in [0.05, 0.1) is 18.4 Å². The Bertz CT molecular complexity index is 692.